The van der Waals surface area contributed by atoms with Gasteiger partial charge in [0.2, 0.25) is 0 Å². The van der Waals surface area contributed by atoms with Gasteiger partial charge in [-0.25, -0.2) is 9.98 Å². The molecule has 0 unspecified atom stereocenters. The Balaban J connectivity index is 2.85. The molecule has 0 spiro atoms. The number of nitrogens with zero attached hydrogens (tertiary/aromatic N) is 3. The van der Waals surface area contributed by atoms with Gasteiger partial charge in [-0.05, 0) is 34.5 Å². The van der Waals surface area contributed by atoms with Gasteiger partial charge in [0.25, 0.3) is 0 Å². The molecular weight excluding hydrogens is 230 g/mol. The lowest BCUT2D eigenvalue weighted by Crippen LogP contribution is -2.07. The minimum atomic E-state index is 0.731. The monoisotopic (exact) mass is 241 g/mol. The molecule has 0 aliphatic carbocycles. The predicted molar refractivity (Wildman–Crippen MR) is 58.5 cm³/mol. The largest absolute Gasteiger partial charge is 0.369 e. The fourth-order valence-corrected chi connectivity index (χ4v) is 0.987. The minimum Gasteiger partial charge on any atom is -0.369 e. The third-order valence-corrected chi connectivity index (χ3v) is 2.28. The van der Waals surface area contributed by atoms with E-state index in [0.29, 0.717) is 0 Å². The summed E-state index contributed by atoms with van der Waals surface area (Å²) in [5, 5.41) is 0. The van der Waals surface area contributed by atoms with Gasteiger partial charge in [0.1, 0.15) is 0 Å². The summed E-state index contributed by atoms with van der Waals surface area (Å²) in [6.45, 7) is 2.01. The molecule has 0 bridgehead atoms. The Hall–Kier alpha value is -0.900. The molecule has 0 aromatic carbocycles. The Morgan fingerprint density at radius 1 is 1.54 bits per heavy atom. The quantitative estimate of drug-likeness (QED) is 0.588. The van der Waals surface area contributed by atoms with Crippen molar-refractivity contribution in [2.45, 2.75) is 6.92 Å². The van der Waals surface area contributed by atoms with Crippen LogP contribution in [0, 0.1) is 6.92 Å². The van der Waals surface area contributed by atoms with E-state index in [1.165, 1.54) is 0 Å². The first kappa shape index (κ1) is 10.2. The van der Waals surface area contributed by atoms with Crippen LogP contribution >= 0.6 is 15.9 Å². The first-order chi connectivity index (χ1) is 6.09. The molecule has 0 N–H and O–H groups in total. The van der Waals surface area contributed by atoms with E-state index in [1.54, 1.807) is 12.5 Å². The molecule has 13 heavy (non-hydrogen) atoms. The summed E-state index contributed by atoms with van der Waals surface area (Å²) in [4.78, 5) is 10.2. The van der Waals surface area contributed by atoms with E-state index in [1.807, 2.05) is 32.0 Å². The summed E-state index contributed by atoms with van der Waals surface area (Å²) in [6, 6.07) is 1.93. The third-order valence-electron chi connectivity index (χ3n) is 1.45. The van der Waals surface area contributed by atoms with E-state index in [0.717, 1.165) is 15.9 Å². The number of pyridine rings is 1. The van der Waals surface area contributed by atoms with Crippen LogP contribution in [0.2, 0.25) is 0 Å². The zero-order valence-corrected chi connectivity index (χ0v) is 9.54. The van der Waals surface area contributed by atoms with Crippen LogP contribution < -0.4 is 0 Å². The summed E-state index contributed by atoms with van der Waals surface area (Å²) in [7, 11) is 3.85. The molecule has 1 rings (SSSR count). The highest BCUT2D eigenvalue weighted by atomic mass is 79.9. The Morgan fingerprint density at radius 3 is 2.77 bits per heavy atom. The molecule has 0 saturated carbocycles. The maximum Gasteiger partial charge on any atom is 0.153 e. The molecule has 3 nitrogen and oxygen atoms in total. The Bertz CT molecular complexity index is 321. The molecular formula is C9H12BrN3. The van der Waals surface area contributed by atoms with Crippen molar-refractivity contribution >= 4 is 28.1 Å². The Kier molecular flexibility index (Phi) is 3.42. The summed E-state index contributed by atoms with van der Waals surface area (Å²) < 4.78 is 1.01. The molecule has 1 heterocycles. The molecule has 4 heteroatoms. The van der Waals surface area contributed by atoms with Gasteiger partial charge in [-0.1, -0.05) is 0 Å². The topological polar surface area (TPSA) is 28.5 Å². The van der Waals surface area contributed by atoms with E-state index in [2.05, 4.69) is 25.9 Å². The van der Waals surface area contributed by atoms with Gasteiger partial charge >= 0.3 is 0 Å². The average Bonchev–Trinajstić information content (AvgIpc) is 2.07. The number of rotatable bonds is 2. The van der Waals surface area contributed by atoms with Crippen LogP contribution in [0.25, 0.3) is 0 Å². The zero-order valence-electron chi connectivity index (χ0n) is 7.95. The highest BCUT2D eigenvalue weighted by molar-refractivity contribution is 9.10. The minimum absolute atomic E-state index is 0.731. The lowest BCUT2D eigenvalue weighted by molar-refractivity contribution is 0.643. The zero-order chi connectivity index (χ0) is 9.84. The van der Waals surface area contributed by atoms with Gasteiger partial charge in [0.05, 0.1) is 6.34 Å². The van der Waals surface area contributed by atoms with Crippen LogP contribution in [-0.4, -0.2) is 30.3 Å². The smallest absolute Gasteiger partial charge is 0.153 e. The number of aromatic nitrogens is 1. The SMILES string of the molecule is Cc1cc(N=CN(C)C)ncc1Br. The van der Waals surface area contributed by atoms with Gasteiger partial charge in [-0.3, -0.25) is 0 Å². The summed E-state index contributed by atoms with van der Waals surface area (Å²) in [5.74, 6) is 0.731. The van der Waals surface area contributed by atoms with Gasteiger partial charge < -0.3 is 4.90 Å². The molecule has 0 amide bonds. The van der Waals surface area contributed by atoms with Gasteiger partial charge in [-0.2, -0.15) is 0 Å². The average molecular weight is 242 g/mol. The fraction of sp³-hybridized carbons (Fsp3) is 0.333. The van der Waals surface area contributed by atoms with E-state index >= 15 is 0 Å². The van der Waals surface area contributed by atoms with Gasteiger partial charge in [-0.15, -0.1) is 0 Å². The number of hydrogen-bond acceptors (Lipinski definition) is 2. The first-order valence-electron chi connectivity index (χ1n) is 3.92. The maximum absolute atomic E-state index is 4.18. The number of halogens is 1. The van der Waals surface area contributed by atoms with Crippen molar-refractivity contribution in [1.29, 1.82) is 0 Å². The molecule has 0 aliphatic rings. The second-order valence-corrected chi connectivity index (χ2v) is 3.85. The van der Waals surface area contributed by atoms with Crippen LogP contribution in [0.3, 0.4) is 0 Å². The van der Waals surface area contributed by atoms with Crippen molar-refractivity contribution < 1.29 is 0 Å². The molecule has 0 radical (unpaired) electrons. The Labute approximate surface area is 86.6 Å². The normalized spacial score (nSPS) is 10.8. The lowest BCUT2D eigenvalue weighted by atomic mass is 10.3. The molecule has 0 fully saturated rings. The van der Waals surface area contributed by atoms with Crippen molar-refractivity contribution in [3.8, 4) is 0 Å². The van der Waals surface area contributed by atoms with Crippen LogP contribution in [0.1, 0.15) is 5.56 Å². The molecule has 0 aliphatic heterocycles. The molecule has 1 aromatic rings. The lowest BCUT2D eigenvalue weighted by Gasteiger charge is -2.02. The van der Waals surface area contributed by atoms with Gasteiger partial charge in [0, 0.05) is 24.8 Å². The summed E-state index contributed by atoms with van der Waals surface area (Å²) in [6.07, 6.45) is 3.49. The third kappa shape index (κ3) is 3.14. The number of hydrogen-bond donors (Lipinski definition) is 0. The highest BCUT2D eigenvalue weighted by Gasteiger charge is 1.95. The molecule has 1 aromatic heterocycles. The second kappa shape index (κ2) is 4.37. The van der Waals surface area contributed by atoms with Gasteiger partial charge in [0.15, 0.2) is 5.82 Å². The van der Waals surface area contributed by atoms with Crippen LogP contribution in [0.4, 0.5) is 5.82 Å². The first-order valence-corrected chi connectivity index (χ1v) is 4.71. The van der Waals surface area contributed by atoms with E-state index in [4.69, 9.17) is 0 Å². The highest BCUT2D eigenvalue weighted by Crippen LogP contribution is 2.18. The fourth-order valence-electron chi connectivity index (χ4n) is 0.770. The van der Waals surface area contributed by atoms with Crippen LogP contribution in [0.15, 0.2) is 21.7 Å². The molecule has 70 valence electrons. The number of aliphatic imine (C=N–C) groups is 1. The van der Waals surface area contributed by atoms with Crippen LogP contribution in [0.5, 0.6) is 0 Å². The second-order valence-electron chi connectivity index (χ2n) is 3.00. The summed E-state index contributed by atoms with van der Waals surface area (Å²) in [5.41, 5.74) is 1.14. The van der Waals surface area contributed by atoms with Crippen molar-refractivity contribution in [1.82, 2.24) is 9.88 Å². The van der Waals surface area contributed by atoms with Crippen molar-refractivity contribution in [2.75, 3.05) is 14.1 Å². The maximum atomic E-state index is 4.18. The molecule has 0 saturated heterocycles. The Morgan fingerprint density at radius 2 is 2.23 bits per heavy atom. The predicted octanol–water partition coefficient (Wildman–Crippen LogP) is 2.37. The number of aryl methyl sites for hydroxylation is 1. The standard InChI is InChI=1S/C9H12BrN3/c1-7-4-9(11-5-8(7)10)12-6-13(2)3/h4-6H,1-3H3. The van der Waals surface area contributed by atoms with Crippen molar-refractivity contribution in [3.05, 3.63) is 22.3 Å². The van der Waals surface area contributed by atoms with Crippen LogP contribution in [-0.2, 0) is 0 Å². The van der Waals surface area contributed by atoms with Crippen molar-refractivity contribution in [3.63, 3.8) is 0 Å². The van der Waals surface area contributed by atoms with E-state index < -0.39 is 0 Å². The summed E-state index contributed by atoms with van der Waals surface area (Å²) >= 11 is 3.38. The van der Waals surface area contributed by atoms with Crippen molar-refractivity contribution in [2.24, 2.45) is 4.99 Å². The van der Waals surface area contributed by atoms with E-state index in [9.17, 15) is 0 Å². The van der Waals surface area contributed by atoms with E-state index in [-0.39, 0.29) is 0 Å². The molecule has 0 atom stereocenters.